The quantitative estimate of drug-likeness (QED) is 0.780. The van der Waals surface area contributed by atoms with Crippen LogP contribution in [-0.2, 0) is 6.42 Å². The third-order valence-corrected chi connectivity index (χ3v) is 3.59. The first kappa shape index (κ1) is 11.2. The smallest absolute Gasteiger partial charge is 0.234 e. The van der Waals surface area contributed by atoms with Crippen LogP contribution in [0.15, 0.2) is 30.3 Å². The van der Waals surface area contributed by atoms with Crippen LogP contribution in [0.5, 0.6) is 0 Å². The molecule has 0 aliphatic carbocycles. The van der Waals surface area contributed by atoms with Crippen LogP contribution in [0.2, 0.25) is 0 Å². The van der Waals surface area contributed by atoms with E-state index >= 15 is 0 Å². The molecule has 18 heavy (non-hydrogen) atoms. The maximum Gasteiger partial charge on any atom is 0.234 e. The Balaban J connectivity index is 1.63. The number of benzene rings is 1. The van der Waals surface area contributed by atoms with Gasteiger partial charge in [-0.25, -0.2) is 0 Å². The summed E-state index contributed by atoms with van der Waals surface area (Å²) < 4.78 is 1.79. The number of anilines is 1. The Kier molecular flexibility index (Phi) is 2.93. The topological polar surface area (TPSA) is 55.1 Å². The molecule has 0 fully saturated rings. The third-order valence-electron chi connectivity index (χ3n) is 2.63. The average molecular weight is 259 g/mol. The van der Waals surface area contributed by atoms with Crippen LogP contribution in [0.25, 0.3) is 4.96 Å². The average Bonchev–Trinajstić information content (AvgIpc) is 2.94. The molecule has 1 N–H and O–H groups in total. The van der Waals surface area contributed by atoms with Gasteiger partial charge in [0, 0.05) is 18.7 Å². The minimum Gasteiger partial charge on any atom is -0.385 e. The molecule has 3 aromatic rings. The normalized spacial score (nSPS) is 10.9. The van der Waals surface area contributed by atoms with Gasteiger partial charge in [-0.15, -0.1) is 10.2 Å². The first-order valence-corrected chi connectivity index (χ1v) is 6.61. The predicted molar refractivity (Wildman–Crippen MR) is 72.0 cm³/mol. The highest BCUT2D eigenvalue weighted by atomic mass is 32.1. The highest BCUT2D eigenvalue weighted by Gasteiger charge is 2.07. The van der Waals surface area contributed by atoms with E-state index in [0.29, 0.717) is 0 Å². The lowest BCUT2D eigenvalue weighted by Gasteiger charge is -2.03. The number of nitrogens with one attached hydrogen (secondary N) is 1. The van der Waals surface area contributed by atoms with Crippen molar-refractivity contribution in [1.82, 2.24) is 19.8 Å². The van der Waals surface area contributed by atoms with Crippen LogP contribution in [-0.4, -0.2) is 26.4 Å². The van der Waals surface area contributed by atoms with Crippen molar-refractivity contribution in [3.8, 4) is 0 Å². The molecule has 0 bridgehead atoms. The van der Waals surface area contributed by atoms with E-state index in [0.717, 1.165) is 34.4 Å². The highest BCUT2D eigenvalue weighted by Crippen LogP contribution is 2.14. The van der Waals surface area contributed by atoms with E-state index < -0.39 is 0 Å². The standard InChI is InChI=1S/C12H13N5S/c1-9-14-15-12-17(9)16-11(18-12)7-8-13-10-5-3-2-4-6-10/h2-6,13H,7-8H2,1H3. The SMILES string of the molecule is Cc1nnc2sc(CCNc3ccccc3)nn12. The number of rotatable bonds is 4. The van der Waals surface area contributed by atoms with E-state index in [9.17, 15) is 0 Å². The van der Waals surface area contributed by atoms with Gasteiger partial charge in [-0.05, 0) is 19.1 Å². The van der Waals surface area contributed by atoms with Crippen molar-refractivity contribution in [3.63, 3.8) is 0 Å². The largest absolute Gasteiger partial charge is 0.385 e. The maximum absolute atomic E-state index is 4.47. The van der Waals surface area contributed by atoms with Gasteiger partial charge in [0.15, 0.2) is 5.82 Å². The maximum atomic E-state index is 4.47. The number of hydrogen-bond acceptors (Lipinski definition) is 5. The highest BCUT2D eigenvalue weighted by molar-refractivity contribution is 7.16. The molecule has 0 unspecified atom stereocenters. The van der Waals surface area contributed by atoms with Crippen molar-refractivity contribution >= 4 is 22.0 Å². The fraction of sp³-hybridized carbons (Fsp3) is 0.250. The number of hydrogen-bond donors (Lipinski definition) is 1. The molecule has 0 saturated heterocycles. The zero-order valence-corrected chi connectivity index (χ0v) is 10.8. The zero-order valence-electron chi connectivity index (χ0n) is 10.00. The van der Waals surface area contributed by atoms with Gasteiger partial charge in [0.05, 0.1) is 0 Å². The van der Waals surface area contributed by atoms with Gasteiger partial charge in [0.1, 0.15) is 5.01 Å². The van der Waals surface area contributed by atoms with E-state index in [2.05, 4.69) is 32.7 Å². The summed E-state index contributed by atoms with van der Waals surface area (Å²) in [6.07, 6.45) is 0.891. The predicted octanol–water partition coefficient (Wildman–Crippen LogP) is 2.15. The lowest BCUT2D eigenvalue weighted by molar-refractivity contribution is 0.846. The lowest BCUT2D eigenvalue weighted by Crippen LogP contribution is -2.04. The van der Waals surface area contributed by atoms with E-state index in [1.54, 1.807) is 15.9 Å². The van der Waals surface area contributed by atoms with E-state index in [4.69, 9.17) is 0 Å². The van der Waals surface area contributed by atoms with Crippen LogP contribution >= 0.6 is 11.3 Å². The molecule has 0 spiro atoms. The van der Waals surface area contributed by atoms with Crippen molar-refractivity contribution in [3.05, 3.63) is 41.2 Å². The van der Waals surface area contributed by atoms with Crippen molar-refractivity contribution in [2.75, 3.05) is 11.9 Å². The van der Waals surface area contributed by atoms with Crippen LogP contribution in [0.1, 0.15) is 10.8 Å². The summed E-state index contributed by atoms with van der Waals surface area (Å²) in [5.41, 5.74) is 1.14. The van der Waals surface area contributed by atoms with E-state index in [1.807, 2.05) is 25.1 Å². The molecular weight excluding hydrogens is 246 g/mol. The van der Waals surface area contributed by atoms with Crippen LogP contribution < -0.4 is 5.32 Å². The Bertz CT molecular complexity index is 643. The lowest BCUT2D eigenvalue weighted by atomic mass is 10.3. The third kappa shape index (κ3) is 2.19. The zero-order chi connectivity index (χ0) is 12.4. The fourth-order valence-electron chi connectivity index (χ4n) is 1.73. The molecule has 2 heterocycles. The second kappa shape index (κ2) is 4.73. The van der Waals surface area contributed by atoms with Crippen LogP contribution in [0.4, 0.5) is 5.69 Å². The molecule has 0 radical (unpaired) electrons. The Morgan fingerprint density at radius 3 is 2.83 bits per heavy atom. The Morgan fingerprint density at radius 2 is 2.06 bits per heavy atom. The van der Waals surface area contributed by atoms with Gasteiger partial charge in [-0.2, -0.15) is 9.61 Å². The monoisotopic (exact) mass is 259 g/mol. The fourth-order valence-corrected chi connectivity index (χ4v) is 2.60. The summed E-state index contributed by atoms with van der Waals surface area (Å²) in [4.78, 5) is 0.863. The van der Waals surface area contributed by atoms with Gasteiger partial charge in [-0.3, -0.25) is 0 Å². The van der Waals surface area contributed by atoms with Crippen molar-refractivity contribution in [2.24, 2.45) is 0 Å². The van der Waals surface area contributed by atoms with Crippen molar-refractivity contribution < 1.29 is 0 Å². The number of aromatic nitrogens is 4. The first-order chi connectivity index (χ1) is 8.83. The summed E-state index contributed by atoms with van der Waals surface area (Å²) in [6, 6.07) is 10.2. The van der Waals surface area contributed by atoms with Gasteiger partial charge in [0.2, 0.25) is 4.96 Å². The molecule has 0 aliphatic heterocycles. The molecular formula is C12H13N5S. The first-order valence-electron chi connectivity index (χ1n) is 5.79. The van der Waals surface area contributed by atoms with E-state index in [1.165, 1.54) is 0 Å². The second-order valence-electron chi connectivity index (χ2n) is 3.98. The summed E-state index contributed by atoms with van der Waals surface area (Å²) in [5, 5.41) is 16.9. The summed E-state index contributed by atoms with van der Waals surface area (Å²) >= 11 is 1.59. The van der Waals surface area contributed by atoms with E-state index in [-0.39, 0.29) is 0 Å². The number of para-hydroxylation sites is 1. The Morgan fingerprint density at radius 1 is 1.22 bits per heavy atom. The summed E-state index contributed by atoms with van der Waals surface area (Å²) in [5.74, 6) is 0.837. The molecule has 3 rings (SSSR count). The molecule has 2 aromatic heterocycles. The summed E-state index contributed by atoms with van der Waals surface area (Å²) in [7, 11) is 0. The molecule has 0 aliphatic rings. The molecule has 6 heteroatoms. The van der Waals surface area contributed by atoms with Gasteiger partial charge >= 0.3 is 0 Å². The Labute approximate surface area is 108 Å². The van der Waals surface area contributed by atoms with Crippen molar-refractivity contribution in [1.29, 1.82) is 0 Å². The minimum absolute atomic E-state index is 0.837. The summed E-state index contributed by atoms with van der Waals surface area (Å²) in [6.45, 7) is 2.78. The van der Waals surface area contributed by atoms with Gasteiger partial charge in [-0.1, -0.05) is 29.5 Å². The molecule has 5 nitrogen and oxygen atoms in total. The molecule has 92 valence electrons. The van der Waals surface area contributed by atoms with Crippen LogP contribution in [0, 0.1) is 6.92 Å². The molecule has 0 atom stereocenters. The Hall–Kier alpha value is -1.95. The number of fused-ring (bicyclic) bond motifs is 1. The molecule has 0 amide bonds. The second-order valence-corrected chi connectivity index (χ2v) is 5.02. The minimum atomic E-state index is 0.837. The molecule has 0 saturated carbocycles. The molecule has 1 aromatic carbocycles. The van der Waals surface area contributed by atoms with Gasteiger partial charge < -0.3 is 5.32 Å². The van der Waals surface area contributed by atoms with Crippen molar-refractivity contribution in [2.45, 2.75) is 13.3 Å². The number of aryl methyl sites for hydroxylation is 1. The van der Waals surface area contributed by atoms with Gasteiger partial charge in [0.25, 0.3) is 0 Å². The van der Waals surface area contributed by atoms with Crippen LogP contribution in [0.3, 0.4) is 0 Å². The number of nitrogens with zero attached hydrogens (tertiary/aromatic N) is 4.